The Bertz CT molecular complexity index is 748. The van der Waals surface area contributed by atoms with Gasteiger partial charge in [-0.25, -0.2) is 4.79 Å². The van der Waals surface area contributed by atoms with Gasteiger partial charge >= 0.3 is 5.97 Å². The van der Waals surface area contributed by atoms with Gasteiger partial charge in [0.25, 0.3) is 0 Å². The Morgan fingerprint density at radius 2 is 1.60 bits per heavy atom. The number of aliphatic carboxylic acids is 1. The zero-order chi connectivity index (χ0) is 18.6. The average Bonchev–Trinajstić information content (AvgIpc) is 2.59. The van der Waals surface area contributed by atoms with Gasteiger partial charge in [-0.1, -0.05) is 29.8 Å². The first kappa shape index (κ1) is 18.5. The molecule has 0 heterocycles. The lowest BCUT2D eigenvalue weighted by molar-refractivity contribution is -0.139. The third kappa shape index (κ3) is 4.38. The molecule has 5 nitrogen and oxygen atoms in total. The van der Waals surface area contributed by atoms with Crippen LogP contribution in [0.25, 0.3) is 0 Å². The fourth-order valence-corrected chi connectivity index (χ4v) is 2.54. The van der Waals surface area contributed by atoms with Crippen LogP contribution in [0.15, 0.2) is 48.5 Å². The minimum atomic E-state index is -1.03. The molecule has 0 aliphatic heterocycles. The molecule has 0 radical (unpaired) electrons. The van der Waals surface area contributed by atoms with Crippen molar-refractivity contribution in [2.45, 2.75) is 26.2 Å². The lowest BCUT2D eigenvalue weighted by Crippen LogP contribution is -2.41. The SMILES string of the molecule is Cc1ccc(C(C)(C)C(=O)N(C)c2ccc(OCC(=O)O)cc2)cc1. The molecule has 0 aliphatic carbocycles. The molecule has 0 spiro atoms. The molecule has 5 heteroatoms. The largest absolute Gasteiger partial charge is 0.482 e. The highest BCUT2D eigenvalue weighted by Crippen LogP contribution is 2.28. The summed E-state index contributed by atoms with van der Waals surface area (Å²) in [6.07, 6.45) is 0. The molecule has 0 aliphatic rings. The Labute approximate surface area is 147 Å². The molecule has 2 aromatic rings. The molecule has 0 unspecified atom stereocenters. The Hall–Kier alpha value is -2.82. The van der Waals surface area contributed by atoms with Gasteiger partial charge in [0.15, 0.2) is 6.61 Å². The molecule has 0 bridgehead atoms. The van der Waals surface area contributed by atoms with Crippen molar-refractivity contribution in [1.82, 2.24) is 0 Å². The highest BCUT2D eigenvalue weighted by atomic mass is 16.5. The summed E-state index contributed by atoms with van der Waals surface area (Å²) in [4.78, 5) is 25.1. The molecule has 0 saturated carbocycles. The lowest BCUT2D eigenvalue weighted by atomic mass is 9.83. The van der Waals surface area contributed by atoms with Crippen LogP contribution in [0.4, 0.5) is 5.69 Å². The van der Waals surface area contributed by atoms with Gasteiger partial charge in [-0.2, -0.15) is 0 Å². The van der Waals surface area contributed by atoms with E-state index in [4.69, 9.17) is 9.84 Å². The van der Waals surface area contributed by atoms with Gasteiger partial charge in [-0.05, 0) is 50.6 Å². The van der Waals surface area contributed by atoms with Crippen molar-refractivity contribution in [3.63, 3.8) is 0 Å². The van der Waals surface area contributed by atoms with Crippen LogP contribution in [0, 0.1) is 6.92 Å². The first-order valence-electron chi connectivity index (χ1n) is 8.02. The molecule has 25 heavy (non-hydrogen) atoms. The number of rotatable bonds is 6. The second-order valence-electron chi connectivity index (χ2n) is 6.53. The first-order chi connectivity index (χ1) is 11.7. The highest BCUT2D eigenvalue weighted by Gasteiger charge is 2.32. The molecule has 1 N–H and O–H groups in total. The highest BCUT2D eigenvalue weighted by molar-refractivity contribution is 6.00. The van der Waals surface area contributed by atoms with Crippen molar-refractivity contribution in [2.24, 2.45) is 0 Å². The van der Waals surface area contributed by atoms with Gasteiger partial charge in [0.05, 0.1) is 5.41 Å². The van der Waals surface area contributed by atoms with Gasteiger partial charge in [0, 0.05) is 12.7 Å². The number of likely N-dealkylation sites (N-methyl/N-ethyl adjacent to an activating group) is 1. The smallest absolute Gasteiger partial charge is 0.341 e. The molecule has 0 aromatic heterocycles. The van der Waals surface area contributed by atoms with E-state index in [1.54, 1.807) is 36.2 Å². The number of carbonyl (C=O) groups excluding carboxylic acids is 1. The molecule has 0 fully saturated rings. The van der Waals surface area contributed by atoms with Gasteiger partial charge in [0.2, 0.25) is 5.91 Å². The van der Waals surface area contributed by atoms with Crippen LogP contribution in [0.5, 0.6) is 5.75 Å². The van der Waals surface area contributed by atoms with Crippen LogP contribution >= 0.6 is 0 Å². The van der Waals surface area contributed by atoms with Gasteiger partial charge in [0.1, 0.15) is 5.75 Å². The predicted octanol–water partition coefficient (Wildman–Crippen LogP) is 3.40. The molecular weight excluding hydrogens is 318 g/mol. The summed E-state index contributed by atoms with van der Waals surface area (Å²) in [5, 5.41) is 8.63. The summed E-state index contributed by atoms with van der Waals surface area (Å²) in [6.45, 7) is 5.43. The maximum Gasteiger partial charge on any atom is 0.341 e. The van der Waals surface area contributed by atoms with Crippen molar-refractivity contribution in [3.05, 3.63) is 59.7 Å². The van der Waals surface area contributed by atoms with Gasteiger partial charge in [-0.15, -0.1) is 0 Å². The maximum absolute atomic E-state index is 13.0. The van der Waals surface area contributed by atoms with E-state index in [2.05, 4.69) is 0 Å². The summed E-state index contributed by atoms with van der Waals surface area (Å²) in [6, 6.07) is 14.7. The Morgan fingerprint density at radius 3 is 2.12 bits per heavy atom. The standard InChI is InChI=1S/C20H23NO4/c1-14-5-7-15(8-6-14)20(2,3)19(24)21(4)16-9-11-17(12-10-16)25-13-18(22)23/h5-12H,13H2,1-4H3,(H,22,23). The van der Waals surface area contributed by atoms with Crippen molar-refractivity contribution >= 4 is 17.6 Å². The van der Waals surface area contributed by atoms with Crippen LogP contribution in [0.1, 0.15) is 25.0 Å². The number of amides is 1. The number of carbonyl (C=O) groups is 2. The molecule has 0 saturated heterocycles. The fraction of sp³-hybridized carbons (Fsp3) is 0.300. The quantitative estimate of drug-likeness (QED) is 0.874. The number of carboxylic acids is 1. The number of nitrogens with zero attached hydrogens (tertiary/aromatic N) is 1. The maximum atomic E-state index is 13.0. The second kappa shape index (κ2) is 7.38. The molecule has 1 amide bonds. The average molecular weight is 341 g/mol. The molecule has 132 valence electrons. The number of anilines is 1. The van der Waals surface area contributed by atoms with E-state index in [0.717, 1.165) is 11.1 Å². The van der Waals surface area contributed by atoms with Gasteiger partial charge < -0.3 is 14.7 Å². The van der Waals surface area contributed by atoms with Crippen molar-refractivity contribution < 1.29 is 19.4 Å². The Balaban J connectivity index is 2.15. The van der Waals surface area contributed by atoms with Crippen LogP contribution in [-0.4, -0.2) is 30.6 Å². The fourth-order valence-electron chi connectivity index (χ4n) is 2.54. The number of benzene rings is 2. The second-order valence-corrected chi connectivity index (χ2v) is 6.53. The van der Waals surface area contributed by atoms with E-state index in [1.165, 1.54) is 0 Å². The van der Waals surface area contributed by atoms with E-state index >= 15 is 0 Å². The topological polar surface area (TPSA) is 66.8 Å². The Kier molecular flexibility index (Phi) is 5.47. The minimum absolute atomic E-state index is 0.0319. The summed E-state index contributed by atoms with van der Waals surface area (Å²) in [5.74, 6) is -0.614. The normalized spacial score (nSPS) is 11.0. The number of hydrogen-bond acceptors (Lipinski definition) is 3. The van der Waals surface area contributed by atoms with Crippen LogP contribution in [0.3, 0.4) is 0 Å². The summed E-state index contributed by atoms with van der Waals surface area (Å²) >= 11 is 0. The summed E-state index contributed by atoms with van der Waals surface area (Å²) in [5.41, 5.74) is 2.16. The minimum Gasteiger partial charge on any atom is -0.482 e. The number of ether oxygens (including phenoxy) is 1. The number of aryl methyl sites for hydroxylation is 1. The molecule has 2 aromatic carbocycles. The third-order valence-corrected chi connectivity index (χ3v) is 4.20. The lowest BCUT2D eigenvalue weighted by Gasteiger charge is -2.30. The third-order valence-electron chi connectivity index (χ3n) is 4.20. The predicted molar refractivity (Wildman–Crippen MR) is 97.2 cm³/mol. The van der Waals surface area contributed by atoms with Crippen molar-refractivity contribution in [2.75, 3.05) is 18.6 Å². The Morgan fingerprint density at radius 1 is 1.04 bits per heavy atom. The summed E-state index contributed by atoms with van der Waals surface area (Å²) < 4.78 is 5.11. The summed E-state index contributed by atoms with van der Waals surface area (Å²) in [7, 11) is 1.73. The van der Waals surface area contributed by atoms with E-state index < -0.39 is 18.0 Å². The zero-order valence-corrected chi connectivity index (χ0v) is 14.9. The first-order valence-corrected chi connectivity index (χ1v) is 8.02. The molecular formula is C20H23NO4. The van der Waals surface area contributed by atoms with Crippen LogP contribution < -0.4 is 9.64 Å². The van der Waals surface area contributed by atoms with Crippen molar-refractivity contribution in [3.8, 4) is 5.75 Å². The monoisotopic (exact) mass is 341 g/mol. The van der Waals surface area contributed by atoms with E-state index in [1.807, 2.05) is 45.0 Å². The van der Waals surface area contributed by atoms with Gasteiger partial charge in [-0.3, -0.25) is 4.79 Å². The van der Waals surface area contributed by atoms with E-state index in [0.29, 0.717) is 11.4 Å². The van der Waals surface area contributed by atoms with Crippen molar-refractivity contribution in [1.29, 1.82) is 0 Å². The number of carboxylic acid groups (broad SMARTS) is 1. The van der Waals surface area contributed by atoms with Crippen LogP contribution in [0.2, 0.25) is 0 Å². The van der Waals surface area contributed by atoms with E-state index in [-0.39, 0.29) is 5.91 Å². The molecule has 0 atom stereocenters. The zero-order valence-electron chi connectivity index (χ0n) is 14.9. The van der Waals surface area contributed by atoms with Crippen LogP contribution in [-0.2, 0) is 15.0 Å². The number of hydrogen-bond donors (Lipinski definition) is 1. The molecule has 2 rings (SSSR count). The van der Waals surface area contributed by atoms with E-state index in [9.17, 15) is 9.59 Å².